The van der Waals surface area contributed by atoms with Crippen LogP contribution in [-0.2, 0) is 7.05 Å². The van der Waals surface area contributed by atoms with E-state index >= 15 is 0 Å². The SMILES string of the molecule is CSc1ccccc1NC(=O)c1c(N)cnn1C. The molecule has 0 aliphatic heterocycles. The van der Waals surface area contributed by atoms with Crippen LogP contribution < -0.4 is 11.1 Å². The van der Waals surface area contributed by atoms with Gasteiger partial charge in [-0.3, -0.25) is 9.48 Å². The number of para-hydroxylation sites is 1. The number of hydrogen-bond donors (Lipinski definition) is 2. The highest BCUT2D eigenvalue weighted by Crippen LogP contribution is 2.25. The summed E-state index contributed by atoms with van der Waals surface area (Å²) >= 11 is 1.57. The molecule has 1 heterocycles. The summed E-state index contributed by atoms with van der Waals surface area (Å²) in [4.78, 5) is 13.1. The third kappa shape index (κ3) is 2.33. The molecule has 0 aliphatic rings. The molecule has 0 bridgehead atoms. The summed E-state index contributed by atoms with van der Waals surface area (Å²) < 4.78 is 1.46. The van der Waals surface area contributed by atoms with E-state index in [-0.39, 0.29) is 5.91 Å². The van der Waals surface area contributed by atoms with Gasteiger partial charge in [-0.15, -0.1) is 11.8 Å². The largest absolute Gasteiger partial charge is 0.396 e. The Hall–Kier alpha value is -1.95. The Bertz CT molecular complexity index is 560. The van der Waals surface area contributed by atoms with Crippen molar-refractivity contribution in [2.24, 2.45) is 7.05 Å². The maximum atomic E-state index is 12.1. The maximum absolute atomic E-state index is 12.1. The maximum Gasteiger partial charge on any atom is 0.276 e. The van der Waals surface area contributed by atoms with Crippen molar-refractivity contribution in [3.05, 3.63) is 36.2 Å². The fraction of sp³-hybridized carbons (Fsp3) is 0.167. The van der Waals surface area contributed by atoms with Crippen LogP contribution in [0, 0.1) is 0 Å². The van der Waals surface area contributed by atoms with Crippen molar-refractivity contribution in [2.45, 2.75) is 4.90 Å². The standard InChI is InChI=1S/C12H14N4OS/c1-16-11(8(13)7-14-16)12(17)15-9-5-3-4-6-10(9)18-2/h3-7H,13H2,1-2H3,(H,15,17). The van der Waals surface area contributed by atoms with Crippen molar-refractivity contribution in [3.63, 3.8) is 0 Å². The highest BCUT2D eigenvalue weighted by atomic mass is 32.2. The topological polar surface area (TPSA) is 72.9 Å². The Balaban J connectivity index is 2.27. The predicted octanol–water partition coefficient (Wildman–Crippen LogP) is 1.98. The number of hydrogen-bond acceptors (Lipinski definition) is 4. The van der Waals surface area contributed by atoms with Gasteiger partial charge >= 0.3 is 0 Å². The van der Waals surface area contributed by atoms with E-state index in [4.69, 9.17) is 5.73 Å². The first kappa shape index (κ1) is 12.5. The zero-order chi connectivity index (χ0) is 13.1. The van der Waals surface area contributed by atoms with Crippen molar-refractivity contribution in [1.82, 2.24) is 9.78 Å². The zero-order valence-corrected chi connectivity index (χ0v) is 11.0. The summed E-state index contributed by atoms with van der Waals surface area (Å²) in [5.41, 5.74) is 7.23. The molecule has 6 heteroatoms. The molecule has 2 aromatic rings. The second kappa shape index (κ2) is 5.14. The van der Waals surface area contributed by atoms with Crippen LogP contribution in [0.25, 0.3) is 0 Å². The van der Waals surface area contributed by atoms with Crippen molar-refractivity contribution < 1.29 is 4.79 Å². The number of nitrogen functional groups attached to an aromatic ring is 1. The molecule has 0 radical (unpaired) electrons. The Labute approximate surface area is 109 Å². The summed E-state index contributed by atoms with van der Waals surface area (Å²) in [5, 5.41) is 6.79. The second-order valence-electron chi connectivity index (χ2n) is 3.73. The molecular formula is C12H14N4OS. The van der Waals surface area contributed by atoms with Gasteiger partial charge in [0.2, 0.25) is 0 Å². The quantitative estimate of drug-likeness (QED) is 0.830. The summed E-state index contributed by atoms with van der Waals surface area (Å²) in [6.45, 7) is 0. The van der Waals surface area contributed by atoms with Gasteiger partial charge in [0.1, 0.15) is 5.69 Å². The molecule has 0 spiro atoms. The summed E-state index contributed by atoms with van der Waals surface area (Å²) in [7, 11) is 1.69. The van der Waals surface area contributed by atoms with Gasteiger partial charge < -0.3 is 11.1 Å². The van der Waals surface area contributed by atoms with Gasteiger partial charge in [0.05, 0.1) is 17.6 Å². The van der Waals surface area contributed by atoms with Crippen LogP contribution in [0.2, 0.25) is 0 Å². The second-order valence-corrected chi connectivity index (χ2v) is 4.57. The number of nitrogens with zero attached hydrogens (tertiary/aromatic N) is 2. The van der Waals surface area contributed by atoms with E-state index in [9.17, 15) is 4.79 Å². The van der Waals surface area contributed by atoms with Crippen molar-refractivity contribution in [3.8, 4) is 0 Å². The Morgan fingerprint density at radius 2 is 2.17 bits per heavy atom. The normalized spacial score (nSPS) is 10.3. The minimum atomic E-state index is -0.256. The predicted molar refractivity (Wildman–Crippen MR) is 73.8 cm³/mol. The van der Waals surface area contributed by atoms with E-state index in [0.29, 0.717) is 11.4 Å². The molecule has 18 heavy (non-hydrogen) atoms. The monoisotopic (exact) mass is 262 g/mol. The molecular weight excluding hydrogens is 248 g/mol. The molecule has 1 aromatic carbocycles. The van der Waals surface area contributed by atoms with Gasteiger partial charge in [-0.25, -0.2) is 0 Å². The molecule has 94 valence electrons. The molecule has 0 unspecified atom stereocenters. The lowest BCUT2D eigenvalue weighted by atomic mass is 10.3. The van der Waals surface area contributed by atoms with E-state index in [1.807, 2.05) is 30.5 Å². The number of anilines is 2. The highest BCUT2D eigenvalue weighted by Gasteiger charge is 2.15. The molecule has 2 rings (SSSR count). The highest BCUT2D eigenvalue weighted by molar-refractivity contribution is 7.98. The van der Waals surface area contributed by atoms with Crippen LogP contribution in [0.3, 0.4) is 0 Å². The summed E-state index contributed by atoms with van der Waals surface area (Å²) in [6.07, 6.45) is 3.43. The first-order chi connectivity index (χ1) is 8.63. The first-order valence-electron chi connectivity index (χ1n) is 5.35. The number of aromatic nitrogens is 2. The van der Waals surface area contributed by atoms with Crippen LogP contribution in [0.4, 0.5) is 11.4 Å². The van der Waals surface area contributed by atoms with Gasteiger partial charge in [0.15, 0.2) is 0 Å². The molecule has 0 aliphatic carbocycles. The lowest BCUT2D eigenvalue weighted by molar-refractivity contribution is 0.101. The van der Waals surface area contributed by atoms with Crippen molar-refractivity contribution in [2.75, 3.05) is 17.3 Å². The average Bonchev–Trinajstić information content (AvgIpc) is 2.69. The lowest BCUT2D eigenvalue weighted by Gasteiger charge is -2.09. The average molecular weight is 262 g/mol. The number of carbonyl (C=O) groups excluding carboxylic acids is 1. The van der Waals surface area contributed by atoms with Crippen LogP contribution in [0.5, 0.6) is 0 Å². The van der Waals surface area contributed by atoms with Crippen LogP contribution >= 0.6 is 11.8 Å². The molecule has 1 aromatic heterocycles. The van der Waals surface area contributed by atoms with E-state index < -0.39 is 0 Å². The number of carbonyl (C=O) groups is 1. The smallest absolute Gasteiger partial charge is 0.276 e. The van der Waals surface area contributed by atoms with E-state index in [2.05, 4.69) is 10.4 Å². The molecule has 1 amide bonds. The number of amides is 1. The molecule has 0 fully saturated rings. The number of rotatable bonds is 3. The first-order valence-corrected chi connectivity index (χ1v) is 6.57. The lowest BCUT2D eigenvalue weighted by Crippen LogP contribution is -2.18. The van der Waals surface area contributed by atoms with Crippen LogP contribution in [0.1, 0.15) is 10.5 Å². The third-order valence-electron chi connectivity index (χ3n) is 2.54. The van der Waals surface area contributed by atoms with Crippen molar-refractivity contribution in [1.29, 1.82) is 0 Å². The van der Waals surface area contributed by atoms with Crippen LogP contribution in [0.15, 0.2) is 35.4 Å². The zero-order valence-electron chi connectivity index (χ0n) is 10.2. The minimum Gasteiger partial charge on any atom is -0.396 e. The molecule has 0 saturated heterocycles. The fourth-order valence-corrected chi connectivity index (χ4v) is 2.22. The number of nitrogens with one attached hydrogen (secondary N) is 1. The van der Waals surface area contributed by atoms with Gasteiger partial charge in [0, 0.05) is 11.9 Å². The van der Waals surface area contributed by atoms with E-state index in [1.165, 1.54) is 10.9 Å². The number of benzene rings is 1. The van der Waals surface area contributed by atoms with E-state index in [1.54, 1.807) is 18.8 Å². The van der Waals surface area contributed by atoms with Gasteiger partial charge in [-0.1, -0.05) is 12.1 Å². The Morgan fingerprint density at radius 3 is 2.78 bits per heavy atom. The van der Waals surface area contributed by atoms with Gasteiger partial charge in [-0.05, 0) is 18.4 Å². The molecule has 0 atom stereocenters. The molecule has 0 saturated carbocycles. The third-order valence-corrected chi connectivity index (χ3v) is 3.33. The Kier molecular flexibility index (Phi) is 3.57. The summed E-state index contributed by atoms with van der Waals surface area (Å²) in [5.74, 6) is -0.256. The summed E-state index contributed by atoms with van der Waals surface area (Å²) in [6, 6.07) is 7.62. The van der Waals surface area contributed by atoms with Gasteiger partial charge in [0.25, 0.3) is 5.91 Å². The minimum absolute atomic E-state index is 0.256. The number of aryl methyl sites for hydroxylation is 1. The molecule has 3 N–H and O–H groups in total. The fourth-order valence-electron chi connectivity index (χ4n) is 1.66. The van der Waals surface area contributed by atoms with Gasteiger partial charge in [-0.2, -0.15) is 5.10 Å². The molecule has 5 nitrogen and oxygen atoms in total. The Morgan fingerprint density at radius 1 is 1.44 bits per heavy atom. The van der Waals surface area contributed by atoms with E-state index in [0.717, 1.165) is 10.6 Å². The van der Waals surface area contributed by atoms with Crippen LogP contribution in [-0.4, -0.2) is 21.9 Å². The van der Waals surface area contributed by atoms with Crippen molar-refractivity contribution >= 4 is 29.0 Å². The number of nitrogens with two attached hydrogens (primary N) is 1. The number of thioether (sulfide) groups is 1.